The molecule has 1 heterocycles. The highest BCUT2D eigenvalue weighted by atomic mass is 79.9. The normalized spacial score (nSPS) is 11.1. The summed E-state index contributed by atoms with van der Waals surface area (Å²) in [6.45, 7) is 1.64. The van der Waals surface area contributed by atoms with E-state index in [2.05, 4.69) is 24.7 Å². The number of rotatable bonds is 0. The molecule has 0 amide bonds. The van der Waals surface area contributed by atoms with E-state index in [9.17, 15) is 4.39 Å². The fourth-order valence-electron chi connectivity index (χ4n) is 1.05. The largest absolute Gasteiger partial charge is 0.205 e. The molecule has 0 radical (unpaired) electrons. The van der Waals surface area contributed by atoms with Crippen molar-refractivity contribution >= 4 is 50.3 Å². The van der Waals surface area contributed by atoms with Gasteiger partial charge in [0.25, 0.3) is 0 Å². The predicted molar refractivity (Wildman–Crippen MR) is 54.8 cm³/mol. The quantitative estimate of drug-likeness (QED) is 0.690. The summed E-state index contributed by atoms with van der Waals surface area (Å²) in [5.41, 5.74) is 1.63. The van der Waals surface area contributed by atoms with Gasteiger partial charge in [-0.2, -0.15) is 8.75 Å². The summed E-state index contributed by atoms with van der Waals surface area (Å²) >= 11 is 9.95. The van der Waals surface area contributed by atoms with E-state index in [0.717, 1.165) is 11.7 Å². The number of hydrogen-bond acceptors (Lipinski definition) is 3. The standard InChI is InChI=1S/C7H3BrClFN2S/c1-2-5(10)4(9)3(8)7-6(2)11-13-12-7/h1H3. The molecule has 0 fully saturated rings. The second-order valence-corrected chi connectivity index (χ2v) is 4.23. The van der Waals surface area contributed by atoms with E-state index >= 15 is 0 Å². The van der Waals surface area contributed by atoms with E-state index in [-0.39, 0.29) is 5.02 Å². The summed E-state index contributed by atoms with van der Waals surface area (Å²) in [5.74, 6) is -0.436. The van der Waals surface area contributed by atoms with Crippen LogP contribution in [0.15, 0.2) is 4.47 Å². The maximum Gasteiger partial charge on any atom is 0.148 e. The molecule has 1 aromatic heterocycles. The molecule has 0 bridgehead atoms. The van der Waals surface area contributed by atoms with Crippen LogP contribution in [0.1, 0.15) is 5.56 Å². The molecule has 0 saturated heterocycles. The van der Waals surface area contributed by atoms with Gasteiger partial charge in [0.05, 0.1) is 21.2 Å². The molecule has 0 spiro atoms. The van der Waals surface area contributed by atoms with Crippen LogP contribution in [-0.2, 0) is 0 Å². The molecule has 0 aliphatic rings. The first-order chi connectivity index (χ1) is 6.13. The Hall–Kier alpha value is -0.260. The van der Waals surface area contributed by atoms with Crippen LogP contribution in [0.5, 0.6) is 0 Å². The molecule has 2 rings (SSSR count). The smallest absolute Gasteiger partial charge is 0.148 e. The Morgan fingerprint density at radius 2 is 2.00 bits per heavy atom. The van der Waals surface area contributed by atoms with Crippen LogP contribution in [0, 0.1) is 12.7 Å². The summed E-state index contributed by atoms with van der Waals surface area (Å²) in [5, 5.41) is 0.0673. The highest BCUT2D eigenvalue weighted by molar-refractivity contribution is 9.10. The lowest BCUT2D eigenvalue weighted by Crippen LogP contribution is -1.88. The third-order valence-electron chi connectivity index (χ3n) is 1.77. The monoisotopic (exact) mass is 280 g/mol. The van der Waals surface area contributed by atoms with E-state index in [0.29, 0.717) is 21.1 Å². The molecule has 1 aromatic carbocycles. The summed E-state index contributed by atoms with van der Waals surface area (Å²) in [4.78, 5) is 0. The Morgan fingerprint density at radius 1 is 1.38 bits per heavy atom. The number of fused-ring (bicyclic) bond motifs is 1. The number of nitrogens with zero attached hydrogens (tertiary/aromatic N) is 2. The highest BCUT2D eigenvalue weighted by Crippen LogP contribution is 2.34. The molecule has 0 saturated carbocycles. The van der Waals surface area contributed by atoms with Crippen LogP contribution in [0.3, 0.4) is 0 Å². The molecule has 6 heteroatoms. The first-order valence-electron chi connectivity index (χ1n) is 3.38. The van der Waals surface area contributed by atoms with E-state index < -0.39 is 5.82 Å². The Bertz CT molecular complexity index is 443. The van der Waals surface area contributed by atoms with Gasteiger partial charge in [0, 0.05) is 5.56 Å². The van der Waals surface area contributed by atoms with Gasteiger partial charge in [0.15, 0.2) is 0 Å². The minimum Gasteiger partial charge on any atom is -0.205 e. The van der Waals surface area contributed by atoms with Crippen LogP contribution >= 0.6 is 39.3 Å². The van der Waals surface area contributed by atoms with Crippen molar-refractivity contribution in [1.29, 1.82) is 0 Å². The maximum absolute atomic E-state index is 13.4. The Balaban J connectivity index is 3.02. The van der Waals surface area contributed by atoms with Crippen molar-refractivity contribution in [2.24, 2.45) is 0 Å². The van der Waals surface area contributed by atoms with Crippen molar-refractivity contribution in [3.05, 3.63) is 20.9 Å². The van der Waals surface area contributed by atoms with Crippen molar-refractivity contribution in [1.82, 2.24) is 8.75 Å². The van der Waals surface area contributed by atoms with Crippen molar-refractivity contribution in [3.63, 3.8) is 0 Å². The number of benzene rings is 1. The summed E-state index contributed by atoms with van der Waals surface area (Å²) in [6.07, 6.45) is 0. The molecule has 2 aromatic rings. The SMILES string of the molecule is Cc1c(F)c(Cl)c(Br)c2nsnc12. The van der Waals surface area contributed by atoms with Crippen molar-refractivity contribution in [3.8, 4) is 0 Å². The zero-order valence-corrected chi connectivity index (χ0v) is 9.59. The first kappa shape index (κ1) is 9.30. The van der Waals surface area contributed by atoms with Gasteiger partial charge in [0.1, 0.15) is 16.9 Å². The van der Waals surface area contributed by atoms with Gasteiger partial charge in [-0.3, -0.25) is 0 Å². The Labute approximate surface area is 91.2 Å². The van der Waals surface area contributed by atoms with Gasteiger partial charge in [-0.15, -0.1) is 0 Å². The highest BCUT2D eigenvalue weighted by Gasteiger charge is 2.16. The third kappa shape index (κ3) is 1.26. The van der Waals surface area contributed by atoms with Gasteiger partial charge >= 0.3 is 0 Å². The second-order valence-electron chi connectivity index (χ2n) is 2.53. The fourth-order valence-corrected chi connectivity index (χ4v) is 2.45. The van der Waals surface area contributed by atoms with Crippen LogP contribution in [0.2, 0.25) is 5.02 Å². The van der Waals surface area contributed by atoms with Crippen LogP contribution in [0.25, 0.3) is 11.0 Å². The minimum absolute atomic E-state index is 0.0673. The lowest BCUT2D eigenvalue weighted by molar-refractivity contribution is 0.620. The predicted octanol–water partition coefficient (Wildman–Crippen LogP) is 3.55. The molecule has 2 nitrogen and oxygen atoms in total. The van der Waals surface area contributed by atoms with Gasteiger partial charge < -0.3 is 0 Å². The lowest BCUT2D eigenvalue weighted by Gasteiger charge is -2.01. The molecule has 0 N–H and O–H groups in total. The Morgan fingerprint density at radius 3 is 2.69 bits per heavy atom. The fraction of sp³-hybridized carbons (Fsp3) is 0.143. The third-order valence-corrected chi connectivity index (χ3v) is 3.65. The summed E-state index contributed by atoms with van der Waals surface area (Å²) in [7, 11) is 0. The van der Waals surface area contributed by atoms with Gasteiger partial charge in [-0.05, 0) is 22.9 Å². The van der Waals surface area contributed by atoms with Crippen molar-refractivity contribution in [2.75, 3.05) is 0 Å². The number of aryl methyl sites for hydroxylation is 1. The second kappa shape index (κ2) is 3.15. The average molecular weight is 282 g/mol. The molecule has 0 unspecified atom stereocenters. The molecular weight excluding hydrogens is 279 g/mol. The molecule has 13 heavy (non-hydrogen) atoms. The first-order valence-corrected chi connectivity index (χ1v) is 5.28. The maximum atomic E-state index is 13.4. The van der Waals surface area contributed by atoms with E-state index in [1.807, 2.05) is 0 Å². The van der Waals surface area contributed by atoms with E-state index in [1.54, 1.807) is 6.92 Å². The number of aromatic nitrogens is 2. The average Bonchev–Trinajstić information content (AvgIpc) is 2.59. The molecular formula is C7H3BrClFN2S. The van der Waals surface area contributed by atoms with Crippen molar-refractivity contribution < 1.29 is 4.39 Å². The molecule has 68 valence electrons. The topological polar surface area (TPSA) is 25.8 Å². The minimum atomic E-state index is -0.436. The van der Waals surface area contributed by atoms with E-state index in [4.69, 9.17) is 11.6 Å². The van der Waals surface area contributed by atoms with Gasteiger partial charge in [-0.25, -0.2) is 4.39 Å². The molecule has 0 atom stereocenters. The molecule has 0 aliphatic heterocycles. The van der Waals surface area contributed by atoms with Gasteiger partial charge in [-0.1, -0.05) is 11.6 Å². The van der Waals surface area contributed by atoms with Gasteiger partial charge in [0.2, 0.25) is 0 Å². The van der Waals surface area contributed by atoms with Crippen LogP contribution < -0.4 is 0 Å². The molecule has 0 aliphatic carbocycles. The van der Waals surface area contributed by atoms with Crippen LogP contribution in [0.4, 0.5) is 4.39 Å². The summed E-state index contributed by atoms with van der Waals surface area (Å²) < 4.78 is 21.8. The zero-order valence-electron chi connectivity index (χ0n) is 6.44. The zero-order chi connectivity index (χ0) is 9.59. The van der Waals surface area contributed by atoms with Crippen molar-refractivity contribution in [2.45, 2.75) is 6.92 Å². The lowest BCUT2D eigenvalue weighted by atomic mass is 10.2. The summed E-state index contributed by atoms with van der Waals surface area (Å²) in [6, 6.07) is 0. The van der Waals surface area contributed by atoms with Crippen LogP contribution in [-0.4, -0.2) is 8.75 Å². The Kier molecular flexibility index (Phi) is 2.25. The van der Waals surface area contributed by atoms with E-state index in [1.165, 1.54) is 0 Å². The number of hydrogen-bond donors (Lipinski definition) is 0. The number of halogens is 3.